The van der Waals surface area contributed by atoms with Crippen molar-refractivity contribution >= 4 is 50.9 Å². The molecule has 7 nitrogen and oxygen atoms in total. The Morgan fingerprint density at radius 1 is 1.21 bits per heavy atom. The number of nitrogens with one attached hydrogen (secondary N) is 1. The molecule has 1 N–H and O–H groups in total. The number of carbonyl (C=O) groups is 1. The van der Waals surface area contributed by atoms with Crippen LogP contribution in [-0.4, -0.2) is 27.2 Å². The molecule has 0 bridgehead atoms. The summed E-state index contributed by atoms with van der Waals surface area (Å²) >= 11 is 16.0. The highest BCUT2D eigenvalue weighted by atomic mass is 79.9. The van der Waals surface area contributed by atoms with Crippen LogP contribution in [0.1, 0.15) is 43.4 Å². The summed E-state index contributed by atoms with van der Waals surface area (Å²) in [7, 11) is 0. The van der Waals surface area contributed by atoms with Crippen LogP contribution in [0.3, 0.4) is 0 Å². The molecule has 10 heteroatoms. The molecule has 5 rings (SSSR count). The third kappa shape index (κ3) is 4.30. The smallest absolute Gasteiger partial charge is 0.226 e. The van der Waals surface area contributed by atoms with Gasteiger partial charge in [-0.05, 0) is 65.5 Å². The Bertz CT molecular complexity index is 1310. The largest absolute Gasteiger partial charge is 0.490 e. The van der Waals surface area contributed by atoms with Crippen molar-refractivity contribution in [3.63, 3.8) is 0 Å². The van der Waals surface area contributed by atoms with E-state index in [-0.39, 0.29) is 12.4 Å². The number of fused-ring (bicyclic) bond motifs is 1. The summed E-state index contributed by atoms with van der Waals surface area (Å²) in [6.07, 6.45) is 3.63. The summed E-state index contributed by atoms with van der Waals surface area (Å²) in [5.74, 6) is 1.84. The van der Waals surface area contributed by atoms with E-state index in [9.17, 15) is 4.79 Å². The van der Waals surface area contributed by atoms with E-state index in [1.54, 1.807) is 16.8 Å². The molecule has 2 aromatic carbocycles. The molecule has 1 aliphatic heterocycles. The monoisotopic (exact) mass is 562 g/mol. The predicted molar refractivity (Wildman–Crippen MR) is 134 cm³/mol. The molecule has 2 heterocycles. The van der Waals surface area contributed by atoms with E-state index in [0.29, 0.717) is 45.0 Å². The zero-order valence-corrected chi connectivity index (χ0v) is 21.4. The Morgan fingerprint density at radius 2 is 2.06 bits per heavy atom. The van der Waals surface area contributed by atoms with E-state index in [1.165, 1.54) is 6.33 Å². The van der Waals surface area contributed by atoms with Crippen molar-refractivity contribution < 1.29 is 14.3 Å². The fourth-order valence-electron chi connectivity index (χ4n) is 4.34. The first-order valence-corrected chi connectivity index (χ1v) is 12.5. The summed E-state index contributed by atoms with van der Waals surface area (Å²) in [6.45, 7) is 2.59. The number of allylic oxidation sites excluding steroid dienone is 2. The molecule has 176 valence electrons. The van der Waals surface area contributed by atoms with Gasteiger partial charge in [0.15, 0.2) is 17.3 Å². The first kappa shape index (κ1) is 23.2. The van der Waals surface area contributed by atoms with Gasteiger partial charge in [-0.15, -0.1) is 0 Å². The average molecular weight is 564 g/mol. The van der Waals surface area contributed by atoms with Crippen LogP contribution in [0.5, 0.6) is 11.5 Å². The number of Topliss-reactive ketones (excluding diaryl/α,β-unsaturated/α-hetero) is 1. The van der Waals surface area contributed by atoms with E-state index < -0.39 is 6.04 Å². The van der Waals surface area contributed by atoms with Crippen LogP contribution >= 0.6 is 39.1 Å². The number of halogens is 3. The van der Waals surface area contributed by atoms with E-state index in [2.05, 4.69) is 31.3 Å². The minimum absolute atomic E-state index is 0.117. The summed E-state index contributed by atoms with van der Waals surface area (Å²) in [5.41, 5.74) is 3.29. The molecule has 0 radical (unpaired) electrons. The van der Waals surface area contributed by atoms with Crippen LogP contribution in [0.2, 0.25) is 10.0 Å². The van der Waals surface area contributed by atoms with Crippen LogP contribution in [-0.2, 0) is 11.4 Å². The van der Waals surface area contributed by atoms with Gasteiger partial charge in [0.05, 0.1) is 11.1 Å². The maximum atomic E-state index is 13.0. The Labute approximate surface area is 215 Å². The van der Waals surface area contributed by atoms with E-state index in [4.69, 9.17) is 32.7 Å². The van der Waals surface area contributed by atoms with Crippen molar-refractivity contribution in [2.24, 2.45) is 0 Å². The normalized spacial score (nSPS) is 17.2. The predicted octanol–water partition coefficient (Wildman–Crippen LogP) is 6.35. The van der Waals surface area contributed by atoms with Gasteiger partial charge in [-0.2, -0.15) is 10.1 Å². The van der Waals surface area contributed by atoms with Gasteiger partial charge in [0.2, 0.25) is 5.95 Å². The lowest BCUT2D eigenvalue weighted by Gasteiger charge is -2.32. The molecule has 3 aromatic rings. The third-order valence-electron chi connectivity index (χ3n) is 5.84. The van der Waals surface area contributed by atoms with Crippen LogP contribution in [0.4, 0.5) is 5.95 Å². The topological polar surface area (TPSA) is 78.3 Å². The van der Waals surface area contributed by atoms with Crippen LogP contribution < -0.4 is 14.8 Å². The van der Waals surface area contributed by atoms with Crippen molar-refractivity contribution in [2.75, 3.05) is 11.9 Å². The SMILES string of the molecule is CCOc1cc(C2C3=C(CCCC3=O)Nc3ncnn32)cc(Br)c1OCc1ccc(Cl)cc1Cl. The lowest BCUT2D eigenvalue weighted by Crippen LogP contribution is -2.31. The highest BCUT2D eigenvalue weighted by Gasteiger charge is 2.36. The average Bonchev–Trinajstić information content (AvgIpc) is 3.27. The molecule has 1 aromatic heterocycles. The number of rotatable bonds is 6. The lowest BCUT2D eigenvalue weighted by molar-refractivity contribution is -0.116. The number of aromatic nitrogens is 3. The third-order valence-corrected chi connectivity index (χ3v) is 7.02. The second-order valence-corrected chi connectivity index (χ2v) is 9.71. The van der Waals surface area contributed by atoms with E-state index in [1.807, 2.05) is 25.1 Å². The number of benzene rings is 2. The van der Waals surface area contributed by atoms with Crippen molar-refractivity contribution in [1.82, 2.24) is 14.8 Å². The lowest BCUT2D eigenvalue weighted by atomic mass is 9.85. The van der Waals surface area contributed by atoms with Gasteiger partial charge < -0.3 is 14.8 Å². The number of anilines is 1. The van der Waals surface area contributed by atoms with Crippen molar-refractivity contribution in [3.05, 3.63) is 73.6 Å². The van der Waals surface area contributed by atoms with Crippen molar-refractivity contribution in [2.45, 2.75) is 38.8 Å². The number of ketones is 1. The molecule has 1 atom stereocenters. The van der Waals surface area contributed by atoms with Gasteiger partial charge in [0.1, 0.15) is 19.0 Å². The van der Waals surface area contributed by atoms with Crippen molar-refractivity contribution in [3.8, 4) is 11.5 Å². The Morgan fingerprint density at radius 3 is 2.85 bits per heavy atom. The minimum atomic E-state index is -0.406. The Balaban J connectivity index is 1.54. The highest BCUT2D eigenvalue weighted by molar-refractivity contribution is 9.10. The van der Waals surface area contributed by atoms with Gasteiger partial charge in [-0.1, -0.05) is 29.3 Å². The van der Waals surface area contributed by atoms with Gasteiger partial charge >= 0.3 is 0 Å². The maximum absolute atomic E-state index is 13.0. The molecular weight excluding hydrogens is 543 g/mol. The molecule has 0 saturated carbocycles. The van der Waals surface area contributed by atoms with Gasteiger partial charge in [0.25, 0.3) is 0 Å². The Kier molecular flexibility index (Phi) is 6.55. The highest BCUT2D eigenvalue weighted by Crippen LogP contribution is 2.45. The van der Waals surface area contributed by atoms with Crippen molar-refractivity contribution in [1.29, 1.82) is 0 Å². The summed E-state index contributed by atoms with van der Waals surface area (Å²) < 4.78 is 14.5. The molecule has 2 aliphatic rings. The number of hydrogen-bond acceptors (Lipinski definition) is 6. The molecule has 34 heavy (non-hydrogen) atoms. The quantitative estimate of drug-likeness (QED) is 0.376. The first-order chi connectivity index (χ1) is 16.5. The Hall–Kier alpha value is -2.55. The fourth-order valence-corrected chi connectivity index (χ4v) is 5.38. The van der Waals surface area contributed by atoms with E-state index in [0.717, 1.165) is 35.2 Å². The molecule has 1 unspecified atom stereocenters. The zero-order chi connectivity index (χ0) is 23.8. The molecule has 0 saturated heterocycles. The first-order valence-electron chi connectivity index (χ1n) is 10.9. The molecular formula is C24H21BrCl2N4O3. The number of ether oxygens (including phenoxy) is 2. The summed E-state index contributed by atoms with van der Waals surface area (Å²) in [5, 5.41) is 8.78. The van der Waals surface area contributed by atoms with Crippen LogP contribution in [0.25, 0.3) is 0 Å². The second-order valence-electron chi connectivity index (χ2n) is 8.01. The molecule has 0 amide bonds. The van der Waals surface area contributed by atoms with E-state index >= 15 is 0 Å². The second kappa shape index (κ2) is 9.60. The number of hydrogen-bond donors (Lipinski definition) is 1. The molecule has 0 spiro atoms. The molecule has 0 fully saturated rings. The fraction of sp³-hybridized carbons (Fsp3) is 0.292. The standard InChI is InChI=1S/C24H21BrCl2N4O3/c1-2-33-20-9-14(8-16(25)23(20)34-11-13-6-7-15(26)10-17(13)27)22-21-18(4-3-5-19(21)32)30-24-28-12-29-31(22)24/h6-10,12,22H,2-5,11H2,1H3,(H,28,29,30). The van der Waals surface area contributed by atoms with Crippen LogP contribution in [0.15, 0.2) is 52.4 Å². The van der Waals surface area contributed by atoms with Gasteiger partial charge in [-0.25, -0.2) is 4.68 Å². The maximum Gasteiger partial charge on any atom is 0.226 e. The number of nitrogens with zero attached hydrogens (tertiary/aromatic N) is 3. The minimum Gasteiger partial charge on any atom is -0.490 e. The van der Waals surface area contributed by atoms with Gasteiger partial charge in [0, 0.05) is 33.3 Å². The molecule has 1 aliphatic carbocycles. The van der Waals surface area contributed by atoms with Crippen LogP contribution in [0, 0.1) is 0 Å². The van der Waals surface area contributed by atoms with Gasteiger partial charge in [-0.3, -0.25) is 4.79 Å². The summed E-state index contributed by atoms with van der Waals surface area (Å²) in [6, 6.07) is 8.72. The zero-order valence-electron chi connectivity index (χ0n) is 18.3. The number of carbonyl (C=O) groups excluding carboxylic acids is 1. The summed E-state index contributed by atoms with van der Waals surface area (Å²) in [4.78, 5) is 17.3.